The molecule has 4 nitrogen and oxygen atoms in total. The fourth-order valence-electron chi connectivity index (χ4n) is 2.36. The molecule has 98 valence electrons. The van der Waals surface area contributed by atoms with Crippen LogP contribution < -0.4 is 5.32 Å². The number of halogens is 1. The van der Waals surface area contributed by atoms with Gasteiger partial charge in [0.05, 0.1) is 5.56 Å². The van der Waals surface area contributed by atoms with Crippen LogP contribution in [0.3, 0.4) is 0 Å². The van der Waals surface area contributed by atoms with Gasteiger partial charge >= 0.3 is 0 Å². The molecule has 2 rings (SSSR count). The van der Waals surface area contributed by atoms with E-state index in [1.807, 2.05) is 11.0 Å². The topological polar surface area (TPSA) is 45.2 Å². The molecule has 0 aliphatic carbocycles. The zero-order chi connectivity index (χ0) is 13.1. The number of hydrogen-bond acceptors (Lipinski definition) is 3. The molecule has 1 amide bonds. The van der Waals surface area contributed by atoms with Gasteiger partial charge in [0.2, 0.25) is 0 Å². The molecular formula is C13H18BrN3O. The zero-order valence-electron chi connectivity index (χ0n) is 10.7. The summed E-state index contributed by atoms with van der Waals surface area (Å²) in [6, 6.07) is 2.15. The molecule has 1 fully saturated rings. The molecule has 1 aromatic heterocycles. The Bertz CT molecular complexity index is 450. The third-order valence-corrected chi connectivity index (χ3v) is 3.82. The highest BCUT2D eigenvalue weighted by atomic mass is 79.9. The predicted molar refractivity (Wildman–Crippen MR) is 75.8 cm³/mol. The van der Waals surface area contributed by atoms with Gasteiger partial charge < -0.3 is 10.2 Å². The molecule has 1 aromatic rings. The summed E-state index contributed by atoms with van der Waals surface area (Å²) < 4.78 is 0.828. The van der Waals surface area contributed by atoms with Crippen molar-refractivity contribution in [2.24, 2.45) is 0 Å². The first-order valence-electron chi connectivity index (χ1n) is 6.27. The lowest BCUT2D eigenvalue weighted by atomic mass is 10.0. The van der Waals surface area contributed by atoms with E-state index in [9.17, 15) is 4.79 Å². The number of piperidine rings is 1. The lowest BCUT2D eigenvalue weighted by Crippen LogP contribution is -2.42. The average Bonchev–Trinajstić information content (AvgIpc) is 2.38. The Labute approximate surface area is 116 Å². The van der Waals surface area contributed by atoms with Crippen molar-refractivity contribution in [3.05, 3.63) is 22.3 Å². The van der Waals surface area contributed by atoms with Crippen LogP contribution in [0, 0.1) is 0 Å². The number of carbonyl (C=O) groups is 1. The molecule has 0 saturated carbocycles. The van der Waals surface area contributed by atoms with E-state index < -0.39 is 0 Å². The number of hydrogen-bond donors (Lipinski definition) is 1. The lowest BCUT2D eigenvalue weighted by molar-refractivity contribution is 0.0636. The summed E-state index contributed by atoms with van der Waals surface area (Å²) >= 11 is 3.37. The number of nitrogens with zero attached hydrogens (tertiary/aromatic N) is 2. The van der Waals surface area contributed by atoms with Crippen LogP contribution >= 0.6 is 15.9 Å². The van der Waals surface area contributed by atoms with Crippen LogP contribution in [-0.2, 0) is 0 Å². The largest absolute Gasteiger partial charge is 0.372 e. The van der Waals surface area contributed by atoms with E-state index in [1.54, 1.807) is 13.2 Å². The van der Waals surface area contributed by atoms with Gasteiger partial charge in [-0.2, -0.15) is 0 Å². The van der Waals surface area contributed by atoms with Gasteiger partial charge in [-0.15, -0.1) is 0 Å². The van der Waals surface area contributed by atoms with Gasteiger partial charge in [0.15, 0.2) is 0 Å². The maximum atomic E-state index is 12.6. The lowest BCUT2D eigenvalue weighted by Gasteiger charge is -2.33. The highest BCUT2D eigenvalue weighted by Crippen LogP contribution is 2.24. The number of pyridine rings is 1. The molecule has 1 unspecified atom stereocenters. The summed E-state index contributed by atoms with van der Waals surface area (Å²) in [5, 5.41) is 2.98. The van der Waals surface area contributed by atoms with Crippen molar-refractivity contribution in [3.8, 4) is 0 Å². The van der Waals surface area contributed by atoms with Crippen LogP contribution in [0.5, 0.6) is 0 Å². The molecule has 0 spiro atoms. The van der Waals surface area contributed by atoms with Crippen LogP contribution in [0.4, 0.5) is 5.82 Å². The van der Waals surface area contributed by atoms with E-state index in [4.69, 9.17) is 0 Å². The van der Waals surface area contributed by atoms with E-state index in [0.717, 1.165) is 23.9 Å². The summed E-state index contributed by atoms with van der Waals surface area (Å²) in [7, 11) is 1.78. The average molecular weight is 312 g/mol. The molecule has 0 bridgehead atoms. The normalized spacial score (nSPS) is 19.7. The Kier molecular flexibility index (Phi) is 4.22. The summed E-state index contributed by atoms with van der Waals surface area (Å²) in [5.74, 6) is 0.710. The van der Waals surface area contributed by atoms with Crippen LogP contribution in [0.15, 0.2) is 16.7 Å². The summed E-state index contributed by atoms with van der Waals surface area (Å²) in [5.41, 5.74) is 0.639. The molecule has 1 N–H and O–H groups in total. The third kappa shape index (κ3) is 2.66. The molecule has 1 aliphatic heterocycles. The minimum absolute atomic E-state index is 0.0698. The number of carbonyl (C=O) groups excluding carboxylic acids is 1. The number of nitrogens with one attached hydrogen (secondary N) is 1. The summed E-state index contributed by atoms with van der Waals surface area (Å²) in [4.78, 5) is 18.8. The maximum Gasteiger partial charge on any atom is 0.257 e. The minimum atomic E-state index is 0.0698. The van der Waals surface area contributed by atoms with Gasteiger partial charge in [-0.3, -0.25) is 4.79 Å². The van der Waals surface area contributed by atoms with E-state index in [2.05, 4.69) is 33.2 Å². The van der Waals surface area contributed by atoms with Crippen LogP contribution in [0.25, 0.3) is 0 Å². The maximum absolute atomic E-state index is 12.6. The molecule has 0 radical (unpaired) electrons. The van der Waals surface area contributed by atoms with Gasteiger partial charge in [-0.1, -0.05) is 0 Å². The van der Waals surface area contributed by atoms with Crippen molar-refractivity contribution < 1.29 is 4.79 Å². The number of rotatable bonds is 2. The smallest absolute Gasteiger partial charge is 0.257 e. The van der Waals surface area contributed by atoms with Crippen LogP contribution in [-0.4, -0.2) is 35.4 Å². The molecule has 2 heterocycles. The first kappa shape index (κ1) is 13.3. The van der Waals surface area contributed by atoms with Crippen molar-refractivity contribution in [3.63, 3.8) is 0 Å². The second-order valence-electron chi connectivity index (χ2n) is 4.64. The van der Waals surface area contributed by atoms with Crippen molar-refractivity contribution in [2.45, 2.75) is 32.2 Å². The molecule has 0 aromatic carbocycles. The van der Waals surface area contributed by atoms with E-state index in [-0.39, 0.29) is 5.91 Å². The van der Waals surface area contributed by atoms with Crippen LogP contribution in [0.1, 0.15) is 36.5 Å². The third-order valence-electron chi connectivity index (χ3n) is 3.39. The van der Waals surface area contributed by atoms with Crippen molar-refractivity contribution in [1.82, 2.24) is 9.88 Å². The molecule has 18 heavy (non-hydrogen) atoms. The number of likely N-dealkylation sites (tertiary alicyclic amines) is 1. The number of anilines is 1. The van der Waals surface area contributed by atoms with Gasteiger partial charge in [0, 0.05) is 30.3 Å². The number of amides is 1. The fourth-order valence-corrected chi connectivity index (χ4v) is 2.69. The number of aromatic nitrogens is 1. The molecule has 1 atom stereocenters. The first-order chi connectivity index (χ1) is 8.63. The van der Waals surface area contributed by atoms with Crippen molar-refractivity contribution >= 4 is 27.7 Å². The van der Waals surface area contributed by atoms with Gasteiger partial charge in [-0.25, -0.2) is 4.98 Å². The monoisotopic (exact) mass is 311 g/mol. The summed E-state index contributed by atoms with van der Waals surface area (Å²) in [6.45, 7) is 2.96. The van der Waals surface area contributed by atoms with Gasteiger partial charge in [0.25, 0.3) is 5.91 Å². The molecule has 1 saturated heterocycles. The van der Waals surface area contributed by atoms with E-state index in [0.29, 0.717) is 17.4 Å². The first-order valence-corrected chi connectivity index (χ1v) is 7.07. The quantitative estimate of drug-likeness (QED) is 0.913. The van der Waals surface area contributed by atoms with Gasteiger partial charge in [-0.05, 0) is 48.2 Å². The fraction of sp³-hybridized carbons (Fsp3) is 0.538. The highest BCUT2D eigenvalue weighted by Gasteiger charge is 2.26. The SMILES string of the molecule is CNc1ncc(Br)cc1C(=O)N1CCCCC1C. The Morgan fingerprint density at radius 1 is 1.56 bits per heavy atom. The summed E-state index contributed by atoms with van der Waals surface area (Å²) in [6.07, 6.45) is 5.08. The van der Waals surface area contributed by atoms with Gasteiger partial charge in [0.1, 0.15) is 5.82 Å². The Morgan fingerprint density at radius 3 is 3.00 bits per heavy atom. The molecule has 1 aliphatic rings. The Morgan fingerprint density at radius 2 is 2.33 bits per heavy atom. The molecular weight excluding hydrogens is 294 g/mol. The zero-order valence-corrected chi connectivity index (χ0v) is 12.3. The van der Waals surface area contributed by atoms with Crippen molar-refractivity contribution in [1.29, 1.82) is 0 Å². The second kappa shape index (κ2) is 5.69. The van der Waals surface area contributed by atoms with E-state index >= 15 is 0 Å². The molecule has 5 heteroatoms. The van der Waals surface area contributed by atoms with E-state index in [1.165, 1.54) is 6.42 Å². The van der Waals surface area contributed by atoms with Crippen molar-refractivity contribution in [2.75, 3.05) is 18.9 Å². The minimum Gasteiger partial charge on any atom is -0.372 e. The standard InChI is InChI=1S/C13H18BrN3O/c1-9-5-3-4-6-17(9)13(18)11-7-10(14)8-16-12(11)15-2/h7-9H,3-6H2,1-2H3,(H,15,16). The van der Waals surface area contributed by atoms with Crippen LogP contribution in [0.2, 0.25) is 0 Å². The Balaban J connectivity index is 2.29. The predicted octanol–water partition coefficient (Wildman–Crippen LogP) is 2.90. The Hall–Kier alpha value is -1.10. The second-order valence-corrected chi connectivity index (χ2v) is 5.56. The highest BCUT2D eigenvalue weighted by molar-refractivity contribution is 9.10.